The van der Waals surface area contributed by atoms with Crippen molar-refractivity contribution in [2.45, 2.75) is 6.61 Å². The number of carbonyl (C=O) groups excluding carboxylic acids is 1. The van der Waals surface area contributed by atoms with Crippen molar-refractivity contribution in [1.29, 1.82) is 5.26 Å². The van der Waals surface area contributed by atoms with Crippen LogP contribution in [0.2, 0.25) is 0 Å². The molecule has 2 rings (SSSR count). The first-order valence-corrected chi connectivity index (χ1v) is 6.56. The van der Waals surface area contributed by atoms with Gasteiger partial charge >= 0.3 is 5.97 Å². The van der Waals surface area contributed by atoms with Gasteiger partial charge in [0.25, 0.3) is 0 Å². The van der Waals surface area contributed by atoms with E-state index in [4.69, 9.17) is 14.7 Å². The van der Waals surface area contributed by atoms with Crippen LogP contribution in [0.3, 0.4) is 0 Å². The first-order valence-electron chi connectivity index (χ1n) is 6.56. The fraction of sp³-hybridized carbons (Fsp3) is 0.176. The van der Waals surface area contributed by atoms with E-state index < -0.39 is 5.97 Å². The molecule has 0 spiro atoms. The minimum atomic E-state index is -0.438. The molecule has 22 heavy (non-hydrogen) atoms. The van der Waals surface area contributed by atoms with E-state index in [1.165, 1.54) is 14.2 Å². The molecule has 0 atom stereocenters. The molecule has 0 fully saturated rings. The van der Waals surface area contributed by atoms with Gasteiger partial charge in [-0.05, 0) is 35.9 Å². The van der Waals surface area contributed by atoms with Crippen LogP contribution >= 0.6 is 0 Å². The van der Waals surface area contributed by atoms with Crippen LogP contribution in [0.25, 0.3) is 0 Å². The van der Waals surface area contributed by atoms with Crippen LogP contribution in [0, 0.1) is 11.3 Å². The zero-order valence-corrected chi connectivity index (χ0v) is 12.3. The molecule has 0 unspecified atom stereocenters. The second-order valence-electron chi connectivity index (χ2n) is 4.46. The summed E-state index contributed by atoms with van der Waals surface area (Å²) < 4.78 is 15.6. The number of ether oxygens (including phenoxy) is 3. The average Bonchev–Trinajstić information content (AvgIpc) is 2.59. The van der Waals surface area contributed by atoms with E-state index in [2.05, 4.69) is 10.8 Å². The lowest BCUT2D eigenvalue weighted by Crippen LogP contribution is -2.03. The second kappa shape index (κ2) is 7.14. The maximum absolute atomic E-state index is 11.5. The predicted molar refractivity (Wildman–Crippen MR) is 79.8 cm³/mol. The van der Waals surface area contributed by atoms with E-state index in [-0.39, 0.29) is 0 Å². The number of carbonyl (C=O) groups is 1. The highest BCUT2D eigenvalue weighted by Gasteiger charge is 2.11. The third kappa shape index (κ3) is 3.55. The smallest absolute Gasteiger partial charge is 0.337 e. The summed E-state index contributed by atoms with van der Waals surface area (Å²) in [5, 5.41) is 8.88. The Labute approximate surface area is 128 Å². The van der Waals surface area contributed by atoms with Crippen LogP contribution in [0.4, 0.5) is 0 Å². The van der Waals surface area contributed by atoms with Gasteiger partial charge in [0.2, 0.25) is 0 Å². The highest BCUT2D eigenvalue weighted by atomic mass is 16.5. The van der Waals surface area contributed by atoms with Crippen molar-refractivity contribution in [1.82, 2.24) is 0 Å². The Kier molecular flexibility index (Phi) is 4.99. The minimum absolute atomic E-state index is 0.295. The van der Waals surface area contributed by atoms with Crippen molar-refractivity contribution in [2.75, 3.05) is 14.2 Å². The Bertz CT molecular complexity index is 719. The zero-order valence-electron chi connectivity index (χ0n) is 12.3. The normalized spacial score (nSPS) is 9.68. The highest BCUT2D eigenvalue weighted by molar-refractivity contribution is 5.90. The molecule has 0 radical (unpaired) electrons. The van der Waals surface area contributed by atoms with Crippen molar-refractivity contribution < 1.29 is 19.0 Å². The van der Waals surface area contributed by atoms with Gasteiger partial charge in [-0.1, -0.05) is 12.1 Å². The topological polar surface area (TPSA) is 68.5 Å². The van der Waals surface area contributed by atoms with Crippen molar-refractivity contribution in [3.05, 3.63) is 59.2 Å². The lowest BCUT2D eigenvalue weighted by molar-refractivity contribution is 0.0600. The number of methoxy groups -OCH3 is 2. The van der Waals surface area contributed by atoms with Crippen LogP contribution in [-0.4, -0.2) is 20.2 Å². The third-order valence-electron chi connectivity index (χ3n) is 3.04. The predicted octanol–water partition coefficient (Wildman–Crippen LogP) is 2.93. The summed E-state index contributed by atoms with van der Waals surface area (Å²) in [7, 11) is 2.82. The molecule has 0 bridgehead atoms. The van der Waals surface area contributed by atoms with Crippen LogP contribution in [0.5, 0.6) is 11.5 Å². The van der Waals surface area contributed by atoms with Gasteiger partial charge in [-0.3, -0.25) is 0 Å². The monoisotopic (exact) mass is 297 g/mol. The first-order chi connectivity index (χ1) is 10.7. The molecule has 0 aliphatic rings. The van der Waals surface area contributed by atoms with Gasteiger partial charge in [0, 0.05) is 0 Å². The Hall–Kier alpha value is -3.00. The quantitative estimate of drug-likeness (QED) is 0.794. The summed E-state index contributed by atoms with van der Waals surface area (Å²) >= 11 is 0. The molecule has 0 saturated carbocycles. The number of nitriles is 1. The lowest BCUT2D eigenvalue weighted by atomic mass is 10.1. The Morgan fingerprint density at radius 2 is 1.95 bits per heavy atom. The number of hydrogen-bond donors (Lipinski definition) is 0. The maximum atomic E-state index is 11.5. The summed E-state index contributed by atoms with van der Waals surface area (Å²) in [4.78, 5) is 11.5. The summed E-state index contributed by atoms with van der Waals surface area (Å²) in [6, 6.07) is 14.1. The molecular weight excluding hydrogens is 282 g/mol. The lowest BCUT2D eigenvalue weighted by Gasteiger charge is -2.12. The van der Waals surface area contributed by atoms with Gasteiger partial charge in [0.15, 0.2) is 11.5 Å². The van der Waals surface area contributed by atoms with Crippen LogP contribution in [0.1, 0.15) is 21.5 Å². The van der Waals surface area contributed by atoms with Gasteiger partial charge in [0.05, 0.1) is 31.4 Å². The van der Waals surface area contributed by atoms with E-state index in [1.54, 1.807) is 36.4 Å². The molecule has 0 aliphatic heterocycles. The summed E-state index contributed by atoms with van der Waals surface area (Å²) in [6.45, 7) is 0.295. The maximum Gasteiger partial charge on any atom is 0.337 e. The Morgan fingerprint density at radius 1 is 1.14 bits per heavy atom. The van der Waals surface area contributed by atoms with E-state index >= 15 is 0 Å². The van der Waals surface area contributed by atoms with Crippen LogP contribution in [-0.2, 0) is 11.3 Å². The van der Waals surface area contributed by atoms with E-state index in [0.717, 1.165) is 5.56 Å². The number of rotatable bonds is 5. The molecule has 5 heteroatoms. The molecule has 2 aromatic carbocycles. The first kappa shape index (κ1) is 15.4. The molecule has 0 aliphatic carbocycles. The molecule has 0 saturated heterocycles. The number of nitrogens with zero attached hydrogens (tertiary/aromatic N) is 1. The minimum Gasteiger partial charge on any atom is -0.493 e. The van der Waals surface area contributed by atoms with Crippen molar-refractivity contribution >= 4 is 5.97 Å². The highest BCUT2D eigenvalue weighted by Crippen LogP contribution is 2.29. The van der Waals surface area contributed by atoms with Crippen LogP contribution < -0.4 is 9.47 Å². The summed E-state index contributed by atoms with van der Waals surface area (Å²) in [5.41, 5.74) is 1.84. The average molecular weight is 297 g/mol. The molecule has 2 aromatic rings. The molecular formula is C17H15NO4. The summed E-state index contributed by atoms with van der Waals surface area (Å²) in [5.74, 6) is 0.517. The SMILES string of the molecule is COC(=O)c1ccc(OCc2cccc(C#N)c2)c(OC)c1. The van der Waals surface area contributed by atoms with Crippen molar-refractivity contribution in [3.63, 3.8) is 0 Å². The molecule has 0 N–H and O–H groups in total. The zero-order chi connectivity index (χ0) is 15.9. The standard InChI is InChI=1S/C17H15NO4/c1-20-16-9-14(17(19)21-2)6-7-15(16)22-11-13-5-3-4-12(8-13)10-18/h3-9H,11H2,1-2H3. The number of hydrogen-bond acceptors (Lipinski definition) is 5. The number of esters is 1. The van der Waals surface area contributed by atoms with E-state index in [1.807, 2.05) is 6.07 Å². The van der Waals surface area contributed by atoms with Gasteiger partial charge in [0.1, 0.15) is 6.61 Å². The Morgan fingerprint density at radius 3 is 2.64 bits per heavy atom. The van der Waals surface area contributed by atoms with Gasteiger partial charge < -0.3 is 14.2 Å². The van der Waals surface area contributed by atoms with Crippen molar-refractivity contribution in [2.24, 2.45) is 0 Å². The van der Waals surface area contributed by atoms with E-state index in [0.29, 0.717) is 29.2 Å². The molecule has 0 heterocycles. The second-order valence-corrected chi connectivity index (χ2v) is 4.46. The van der Waals surface area contributed by atoms with Crippen LogP contribution in [0.15, 0.2) is 42.5 Å². The number of benzene rings is 2. The third-order valence-corrected chi connectivity index (χ3v) is 3.04. The fourth-order valence-electron chi connectivity index (χ4n) is 1.92. The molecule has 112 valence electrons. The fourth-order valence-corrected chi connectivity index (χ4v) is 1.92. The molecule has 0 aromatic heterocycles. The largest absolute Gasteiger partial charge is 0.493 e. The van der Waals surface area contributed by atoms with Gasteiger partial charge in [-0.2, -0.15) is 5.26 Å². The van der Waals surface area contributed by atoms with Gasteiger partial charge in [-0.25, -0.2) is 4.79 Å². The van der Waals surface area contributed by atoms with Crippen molar-refractivity contribution in [3.8, 4) is 17.6 Å². The Balaban J connectivity index is 2.15. The summed E-state index contributed by atoms with van der Waals surface area (Å²) in [6.07, 6.45) is 0. The molecule has 0 amide bonds. The van der Waals surface area contributed by atoms with E-state index in [9.17, 15) is 4.79 Å². The molecule has 5 nitrogen and oxygen atoms in total. The van der Waals surface area contributed by atoms with Gasteiger partial charge in [-0.15, -0.1) is 0 Å².